The zero-order valence-corrected chi connectivity index (χ0v) is 12.0. The van der Waals surface area contributed by atoms with Crippen LogP contribution in [0.4, 0.5) is 5.69 Å². The van der Waals surface area contributed by atoms with Crippen molar-refractivity contribution in [3.05, 3.63) is 24.3 Å². The van der Waals surface area contributed by atoms with Crippen LogP contribution in [0.25, 0.3) is 0 Å². The fourth-order valence-electron chi connectivity index (χ4n) is 2.63. The van der Waals surface area contributed by atoms with Crippen LogP contribution in [0.5, 0.6) is 5.75 Å². The Balaban J connectivity index is 1.62. The SMILES string of the molecule is CCOc1ccc(NCCNC2CCCCC2)cc1. The van der Waals surface area contributed by atoms with Crippen molar-refractivity contribution in [1.82, 2.24) is 5.32 Å². The van der Waals surface area contributed by atoms with Crippen LogP contribution < -0.4 is 15.4 Å². The molecule has 0 heterocycles. The summed E-state index contributed by atoms with van der Waals surface area (Å²) >= 11 is 0. The molecule has 19 heavy (non-hydrogen) atoms. The lowest BCUT2D eigenvalue weighted by molar-refractivity contribution is 0.340. The van der Waals surface area contributed by atoms with E-state index >= 15 is 0 Å². The smallest absolute Gasteiger partial charge is 0.119 e. The highest BCUT2D eigenvalue weighted by Crippen LogP contribution is 2.17. The lowest BCUT2D eigenvalue weighted by Crippen LogP contribution is -2.34. The normalized spacial score (nSPS) is 16.3. The highest BCUT2D eigenvalue weighted by molar-refractivity contribution is 5.46. The first-order chi connectivity index (χ1) is 9.38. The van der Waals surface area contributed by atoms with E-state index in [0.717, 1.165) is 37.2 Å². The molecule has 3 nitrogen and oxygen atoms in total. The highest BCUT2D eigenvalue weighted by Gasteiger charge is 2.11. The van der Waals surface area contributed by atoms with Crippen molar-refractivity contribution in [2.45, 2.75) is 45.1 Å². The second kappa shape index (κ2) is 8.05. The van der Waals surface area contributed by atoms with Crippen molar-refractivity contribution in [3.8, 4) is 5.75 Å². The molecule has 106 valence electrons. The van der Waals surface area contributed by atoms with Crippen LogP contribution in [0.2, 0.25) is 0 Å². The van der Waals surface area contributed by atoms with E-state index in [1.165, 1.54) is 32.1 Å². The number of ether oxygens (including phenoxy) is 1. The topological polar surface area (TPSA) is 33.3 Å². The minimum absolute atomic E-state index is 0.720. The minimum Gasteiger partial charge on any atom is -0.494 e. The maximum atomic E-state index is 5.43. The van der Waals surface area contributed by atoms with E-state index in [0.29, 0.717) is 0 Å². The van der Waals surface area contributed by atoms with Gasteiger partial charge in [-0.25, -0.2) is 0 Å². The predicted octanol–water partition coefficient (Wildman–Crippen LogP) is 3.42. The number of hydrogen-bond donors (Lipinski definition) is 2. The van der Waals surface area contributed by atoms with Gasteiger partial charge in [-0.1, -0.05) is 19.3 Å². The van der Waals surface area contributed by atoms with E-state index in [9.17, 15) is 0 Å². The molecular weight excluding hydrogens is 236 g/mol. The van der Waals surface area contributed by atoms with E-state index in [1.807, 2.05) is 19.1 Å². The van der Waals surface area contributed by atoms with Crippen LogP contribution >= 0.6 is 0 Å². The summed E-state index contributed by atoms with van der Waals surface area (Å²) in [6.45, 7) is 4.74. The largest absolute Gasteiger partial charge is 0.494 e. The summed E-state index contributed by atoms with van der Waals surface area (Å²) in [6.07, 6.45) is 6.91. The fraction of sp³-hybridized carbons (Fsp3) is 0.625. The van der Waals surface area contributed by atoms with Gasteiger partial charge in [-0.15, -0.1) is 0 Å². The van der Waals surface area contributed by atoms with Gasteiger partial charge in [-0.05, 0) is 44.0 Å². The van der Waals surface area contributed by atoms with Crippen molar-refractivity contribution in [3.63, 3.8) is 0 Å². The molecule has 1 aromatic carbocycles. The van der Waals surface area contributed by atoms with Crippen molar-refractivity contribution in [2.75, 3.05) is 25.0 Å². The zero-order valence-electron chi connectivity index (χ0n) is 12.0. The molecule has 0 saturated heterocycles. The lowest BCUT2D eigenvalue weighted by Gasteiger charge is -2.23. The van der Waals surface area contributed by atoms with E-state index in [-0.39, 0.29) is 0 Å². The zero-order chi connectivity index (χ0) is 13.3. The summed E-state index contributed by atoms with van der Waals surface area (Å²) in [5, 5.41) is 7.07. The summed E-state index contributed by atoms with van der Waals surface area (Å²) in [5.41, 5.74) is 1.16. The van der Waals surface area contributed by atoms with Crippen molar-refractivity contribution < 1.29 is 4.74 Å². The molecule has 2 rings (SSSR count). The van der Waals surface area contributed by atoms with Gasteiger partial charge in [-0.3, -0.25) is 0 Å². The molecule has 0 bridgehead atoms. The number of hydrogen-bond acceptors (Lipinski definition) is 3. The van der Waals surface area contributed by atoms with Crippen LogP contribution in [0.3, 0.4) is 0 Å². The van der Waals surface area contributed by atoms with Crippen molar-refractivity contribution in [1.29, 1.82) is 0 Å². The molecule has 0 aromatic heterocycles. The number of benzene rings is 1. The van der Waals surface area contributed by atoms with Gasteiger partial charge in [-0.2, -0.15) is 0 Å². The second-order valence-electron chi connectivity index (χ2n) is 5.17. The Morgan fingerprint density at radius 1 is 1.05 bits per heavy atom. The van der Waals surface area contributed by atoms with E-state index in [4.69, 9.17) is 4.74 Å². The van der Waals surface area contributed by atoms with Gasteiger partial charge >= 0.3 is 0 Å². The van der Waals surface area contributed by atoms with Gasteiger partial charge in [0.05, 0.1) is 6.61 Å². The van der Waals surface area contributed by atoms with E-state index in [1.54, 1.807) is 0 Å². The molecule has 0 radical (unpaired) electrons. The fourth-order valence-corrected chi connectivity index (χ4v) is 2.63. The molecular formula is C16H26N2O. The van der Waals surface area contributed by atoms with Gasteiger partial charge in [0.25, 0.3) is 0 Å². The van der Waals surface area contributed by atoms with E-state index in [2.05, 4.69) is 22.8 Å². The summed E-state index contributed by atoms with van der Waals surface area (Å²) in [7, 11) is 0. The maximum Gasteiger partial charge on any atom is 0.119 e. The van der Waals surface area contributed by atoms with Crippen LogP contribution in [0.1, 0.15) is 39.0 Å². The average Bonchev–Trinajstić information content (AvgIpc) is 2.47. The molecule has 3 heteroatoms. The van der Waals surface area contributed by atoms with Crippen LogP contribution in [-0.2, 0) is 0 Å². The van der Waals surface area contributed by atoms with Crippen LogP contribution in [-0.4, -0.2) is 25.7 Å². The Hall–Kier alpha value is -1.22. The first-order valence-corrected chi connectivity index (χ1v) is 7.58. The molecule has 0 aliphatic heterocycles. The number of nitrogens with one attached hydrogen (secondary N) is 2. The molecule has 2 N–H and O–H groups in total. The summed E-state index contributed by atoms with van der Waals surface area (Å²) in [4.78, 5) is 0. The molecule has 1 saturated carbocycles. The Morgan fingerprint density at radius 2 is 1.79 bits per heavy atom. The quantitative estimate of drug-likeness (QED) is 0.739. The Kier molecular flexibility index (Phi) is 6.02. The molecule has 0 unspecified atom stereocenters. The number of rotatable bonds is 7. The van der Waals surface area contributed by atoms with Crippen LogP contribution in [0.15, 0.2) is 24.3 Å². The number of anilines is 1. The lowest BCUT2D eigenvalue weighted by atomic mass is 9.95. The van der Waals surface area contributed by atoms with Gasteiger partial charge in [0.2, 0.25) is 0 Å². The van der Waals surface area contributed by atoms with E-state index < -0.39 is 0 Å². The second-order valence-corrected chi connectivity index (χ2v) is 5.17. The van der Waals surface area contributed by atoms with Crippen LogP contribution in [0, 0.1) is 0 Å². The minimum atomic E-state index is 0.720. The summed E-state index contributed by atoms with van der Waals surface area (Å²) in [6, 6.07) is 8.92. The Morgan fingerprint density at radius 3 is 2.47 bits per heavy atom. The molecule has 1 fully saturated rings. The predicted molar refractivity (Wildman–Crippen MR) is 81.0 cm³/mol. The molecule has 0 amide bonds. The van der Waals surface area contributed by atoms with Gasteiger partial charge < -0.3 is 15.4 Å². The van der Waals surface area contributed by atoms with Gasteiger partial charge in [0, 0.05) is 24.8 Å². The summed E-state index contributed by atoms with van der Waals surface area (Å²) in [5.74, 6) is 0.938. The Labute approximate surface area is 116 Å². The monoisotopic (exact) mass is 262 g/mol. The Bertz CT molecular complexity index is 344. The third kappa shape index (κ3) is 5.11. The summed E-state index contributed by atoms with van der Waals surface area (Å²) < 4.78 is 5.43. The standard InChI is InChI=1S/C16H26N2O/c1-2-19-16-10-8-15(9-11-16)18-13-12-17-14-6-4-3-5-7-14/h8-11,14,17-18H,2-7,12-13H2,1H3. The maximum absolute atomic E-state index is 5.43. The third-order valence-corrected chi connectivity index (χ3v) is 3.66. The molecule has 1 aromatic rings. The third-order valence-electron chi connectivity index (χ3n) is 3.66. The molecule has 0 atom stereocenters. The molecule has 0 spiro atoms. The highest BCUT2D eigenvalue weighted by atomic mass is 16.5. The van der Waals surface area contributed by atoms with Crippen molar-refractivity contribution >= 4 is 5.69 Å². The van der Waals surface area contributed by atoms with Crippen molar-refractivity contribution in [2.24, 2.45) is 0 Å². The first kappa shape index (κ1) is 14.2. The van der Waals surface area contributed by atoms with Gasteiger partial charge in [0.15, 0.2) is 0 Å². The first-order valence-electron chi connectivity index (χ1n) is 7.58. The van der Waals surface area contributed by atoms with Gasteiger partial charge in [0.1, 0.15) is 5.75 Å². The molecule has 1 aliphatic rings. The average molecular weight is 262 g/mol. The molecule has 1 aliphatic carbocycles.